The molecule has 1 aromatic heterocycles. The van der Waals surface area contributed by atoms with Gasteiger partial charge < -0.3 is 10.6 Å². The lowest BCUT2D eigenvalue weighted by Crippen LogP contribution is -2.48. The maximum atomic E-state index is 4.82. The Morgan fingerprint density at radius 2 is 1.75 bits per heavy atom. The van der Waals surface area contributed by atoms with Gasteiger partial charge in [0, 0.05) is 44.6 Å². The molecule has 0 aliphatic carbocycles. The van der Waals surface area contributed by atoms with Gasteiger partial charge in [-0.15, -0.1) is 24.0 Å². The normalized spacial score (nSPS) is 15.2. The standard InChI is InChI=1S/C25H32N6.HI/c1-2-26-25(27-19-21-9-11-24(12-10-21)31-16-6-15-28-31)29-23-13-17-30(18-14-23)20-22-7-4-3-5-8-22;/h3-12,15-16,23H,2,13-14,17-20H2,1H3,(H2,26,27,29);1H. The summed E-state index contributed by atoms with van der Waals surface area (Å²) < 4.78 is 1.86. The number of aromatic nitrogens is 2. The third kappa shape index (κ3) is 7.06. The van der Waals surface area contributed by atoms with Gasteiger partial charge >= 0.3 is 0 Å². The highest BCUT2D eigenvalue weighted by molar-refractivity contribution is 14.0. The number of hydrogen-bond donors (Lipinski definition) is 2. The molecule has 0 radical (unpaired) electrons. The fourth-order valence-electron chi connectivity index (χ4n) is 3.94. The van der Waals surface area contributed by atoms with Crippen LogP contribution in [0, 0.1) is 0 Å². The van der Waals surface area contributed by atoms with Crippen molar-refractivity contribution < 1.29 is 0 Å². The second-order valence-corrected chi connectivity index (χ2v) is 7.99. The molecule has 1 saturated heterocycles. The number of likely N-dealkylation sites (tertiary alicyclic amines) is 1. The van der Waals surface area contributed by atoms with Crippen LogP contribution >= 0.6 is 24.0 Å². The number of nitrogens with zero attached hydrogens (tertiary/aromatic N) is 4. The third-order valence-corrected chi connectivity index (χ3v) is 5.65. The number of benzene rings is 2. The molecule has 0 unspecified atom stereocenters. The molecular weight excluding hydrogens is 511 g/mol. The molecule has 170 valence electrons. The van der Waals surface area contributed by atoms with E-state index in [0.29, 0.717) is 12.6 Å². The molecule has 1 aliphatic rings. The summed E-state index contributed by atoms with van der Waals surface area (Å²) in [4.78, 5) is 7.36. The molecule has 0 amide bonds. The first-order valence-electron chi connectivity index (χ1n) is 11.2. The average molecular weight is 544 g/mol. The zero-order valence-corrected chi connectivity index (χ0v) is 21.0. The van der Waals surface area contributed by atoms with E-state index in [1.165, 1.54) is 11.1 Å². The van der Waals surface area contributed by atoms with Crippen molar-refractivity contribution in [2.45, 2.75) is 38.9 Å². The van der Waals surface area contributed by atoms with E-state index in [4.69, 9.17) is 4.99 Å². The molecule has 0 bridgehead atoms. The van der Waals surface area contributed by atoms with E-state index in [-0.39, 0.29) is 24.0 Å². The summed E-state index contributed by atoms with van der Waals surface area (Å²) in [6, 6.07) is 21.5. The second kappa shape index (κ2) is 12.6. The molecule has 1 aliphatic heterocycles. The fraction of sp³-hybridized carbons (Fsp3) is 0.360. The Hall–Kier alpha value is -2.39. The molecule has 32 heavy (non-hydrogen) atoms. The molecule has 1 fully saturated rings. The summed E-state index contributed by atoms with van der Waals surface area (Å²) in [5.41, 5.74) is 3.64. The summed E-state index contributed by atoms with van der Waals surface area (Å²) in [6.07, 6.45) is 6.01. The Kier molecular flexibility index (Phi) is 9.55. The van der Waals surface area contributed by atoms with Crippen LogP contribution in [0.2, 0.25) is 0 Å². The summed E-state index contributed by atoms with van der Waals surface area (Å²) in [5, 5.41) is 11.3. The van der Waals surface area contributed by atoms with E-state index in [0.717, 1.165) is 50.7 Å². The lowest BCUT2D eigenvalue weighted by atomic mass is 10.0. The van der Waals surface area contributed by atoms with Crippen LogP contribution in [0.5, 0.6) is 0 Å². The van der Waals surface area contributed by atoms with Gasteiger partial charge in [0.2, 0.25) is 0 Å². The van der Waals surface area contributed by atoms with E-state index in [2.05, 4.69) is 82.2 Å². The largest absolute Gasteiger partial charge is 0.357 e. The maximum absolute atomic E-state index is 4.82. The summed E-state index contributed by atoms with van der Waals surface area (Å²) >= 11 is 0. The zero-order chi connectivity index (χ0) is 21.3. The number of hydrogen-bond acceptors (Lipinski definition) is 3. The minimum atomic E-state index is 0. The van der Waals surface area contributed by atoms with Gasteiger partial charge in [0.25, 0.3) is 0 Å². The van der Waals surface area contributed by atoms with E-state index >= 15 is 0 Å². The number of aliphatic imine (C=N–C) groups is 1. The Morgan fingerprint density at radius 3 is 2.41 bits per heavy atom. The van der Waals surface area contributed by atoms with Crippen LogP contribution in [0.15, 0.2) is 78.0 Å². The van der Waals surface area contributed by atoms with Crippen molar-refractivity contribution in [2.75, 3.05) is 19.6 Å². The minimum absolute atomic E-state index is 0. The lowest BCUT2D eigenvalue weighted by Gasteiger charge is -2.33. The van der Waals surface area contributed by atoms with Crippen LogP contribution in [0.25, 0.3) is 5.69 Å². The van der Waals surface area contributed by atoms with Crippen LogP contribution in [-0.2, 0) is 13.1 Å². The van der Waals surface area contributed by atoms with Gasteiger partial charge in [-0.3, -0.25) is 4.90 Å². The molecule has 0 atom stereocenters. The van der Waals surface area contributed by atoms with Crippen molar-refractivity contribution in [2.24, 2.45) is 4.99 Å². The first-order valence-corrected chi connectivity index (χ1v) is 11.2. The molecule has 6 nitrogen and oxygen atoms in total. The quantitative estimate of drug-likeness (QED) is 0.266. The van der Waals surface area contributed by atoms with Gasteiger partial charge in [-0.05, 0) is 49.1 Å². The fourth-order valence-corrected chi connectivity index (χ4v) is 3.94. The summed E-state index contributed by atoms with van der Waals surface area (Å²) in [5.74, 6) is 0.903. The van der Waals surface area contributed by atoms with Crippen LogP contribution in [-0.4, -0.2) is 46.3 Å². The van der Waals surface area contributed by atoms with Crippen LogP contribution in [0.1, 0.15) is 30.9 Å². The van der Waals surface area contributed by atoms with Crippen LogP contribution < -0.4 is 10.6 Å². The molecule has 2 N–H and O–H groups in total. The number of rotatable bonds is 7. The number of halogens is 1. The lowest BCUT2D eigenvalue weighted by molar-refractivity contribution is 0.198. The smallest absolute Gasteiger partial charge is 0.191 e. The van der Waals surface area contributed by atoms with Crippen molar-refractivity contribution >= 4 is 29.9 Å². The average Bonchev–Trinajstić information content (AvgIpc) is 3.35. The van der Waals surface area contributed by atoms with Crippen LogP contribution in [0.3, 0.4) is 0 Å². The Labute approximate surface area is 208 Å². The summed E-state index contributed by atoms with van der Waals surface area (Å²) in [7, 11) is 0. The highest BCUT2D eigenvalue weighted by Crippen LogP contribution is 2.14. The van der Waals surface area contributed by atoms with Crippen LogP contribution in [0.4, 0.5) is 0 Å². The predicted octanol–water partition coefficient (Wildman–Crippen LogP) is 4.21. The van der Waals surface area contributed by atoms with Gasteiger partial charge in [-0.1, -0.05) is 42.5 Å². The Balaban J connectivity index is 0.00000289. The Morgan fingerprint density at radius 1 is 1.00 bits per heavy atom. The maximum Gasteiger partial charge on any atom is 0.191 e. The molecule has 0 saturated carbocycles. The van der Waals surface area contributed by atoms with Gasteiger partial charge in [-0.25, -0.2) is 9.67 Å². The first kappa shape index (κ1) is 24.3. The van der Waals surface area contributed by atoms with Gasteiger partial charge in [0.15, 0.2) is 5.96 Å². The van der Waals surface area contributed by atoms with Crippen molar-refractivity contribution in [1.82, 2.24) is 25.3 Å². The zero-order valence-electron chi connectivity index (χ0n) is 18.7. The predicted molar refractivity (Wildman–Crippen MR) is 142 cm³/mol. The molecule has 2 heterocycles. The van der Waals surface area contributed by atoms with E-state index in [1.54, 1.807) is 6.20 Å². The van der Waals surface area contributed by atoms with Crippen molar-refractivity contribution in [3.05, 3.63) is 84.2 Å². The van der Waals surface area contributed by atoms with E-state index in [9.17, 15) is 0 Å². The van der Waals surface area contributed by atoms with Crippen molar-refractivity contribution in [3.63, 3.8) is 0 Å². The van der Waals surface area contributed by atoms with Gasteiger partial charge in [0.1, 0.15) is 0 Å². The topological polar surface area (TPSA) is 57.5 Å². The first-order chi connectivity index (χ1) is 15.3. The SMILES string of the molecule is CCNC(=NCc1ccc(-n2cccn2)cc1)NC1CCN(Cc2ccccc2)CC1.I. The third-order valence-electron chi connectivity index (χ3n) is 5.65. The van der Waals surface area contributed by atoms with Crippen molar-refractivity contribution in [3.8, 4) is 5.69 Å². The molecule has 7 heteroatoms. The highest BCUT2D eigenvalue weighted by atomic mass is 127. The van der Waals surface area contributed by atoms with Crippen molar-refractivity contribution in [1.29, 1.82) is 0 Å². The minimum Gasteiger partial charge on any atom is -0.357 e. The molecule has 3 aromatic rings. The van der Waals surface area contributed by atoms with E-state index in [1.807, 2.05) is 16.9 Å². The number of guanidine groups is 1. The molecular formula is C25H33IN6. The monoisotopic (exact) mass is 544 g/mol. The summed E-state index contributed by atoms with van der Waals surface area (Å²) in [6.45, 7) is 6.88. The molecule has 0 spiro atoms. The highest BCUT2D eigenvalue weighted by Gasteiger charge is 2.20. The van der Waals surface area contributed by atoms with Gasteiger partial charge in [-0.2, -0.15) is 5.10 Å². The molecule has 2 aromatic carbocycles. The molecule has 4 rings (SSSR count). The van der Waals surface area contributed by atoms with Gasteiger partial charge in [0.05, 0.1) is 12.2 Å². The second-order valence-electron chi connectivity index (χ2n) is 7.99. The number of nitrogens with one attached hydrogen (secondary N) is 2. The number of piperidine rings is 1. The Bertz CT molecular complexity index is 932. The van der Waals surface area contributed by atoms with E-state index < -0.39 is 0 Å².